The third-order valence-electron chi connectivity index (χ3n) is 3.19. The molecule has 0 aromatic heterocycles. The number of rotatable bonds is 3. The summed E-state index contributed by atoms with van der Waals surface area (Å²) in [4.78, 5) is 0. The largest absolute Gasteiger partial charge is 0.382 e. The van der Waals surface area contributed by atoms with E-state index in [9.17, 15) is 13.9 Å². The average molecular weight is 250 g/mol. The second-order valence-electron chi connectivity index (χ2n) is 4.56. The molecule has 96 valence electrons. The van der Waals surface area contributed by atoms with Crippen molar-refractivity contribution >= 4 is 5.57 Å². The molecule has 0 fully saturated rings. The molecule has 1 nitrogen and oxygen atoms in total. The van der Waals surface area contributed by atoms with E-state index in [1.54, 1.807) is 24.3 Å². The molecule has 0 aliphatic heterocycles. The van der Waals surface area contributed by atoms with Gasteiger partial charge >= 0.3 is 0 Å². The lowest BCUT2D eigenvalue weighted by Crippen LogP contribution is -2.40. The predicted octanol–water partition coefficient (Wildman–Crippen LogP) is 3.81. The number of hydrogen-bond acceptors (Lipinski definition) is 1. The zero-order chi connectivity index (χ0) is 13.2. The van der Waals surface area contributed by atoms with Crippen LogP contribution in [0.1, 0.15) is 25.3 Å². The van der Waals surface area contributed by atoms with Gasteiger partial charge in [0.1, 0.15) is 11.4 Å². The van der Waals surface area contributed by atoms with Gasteiger partial charge in [-0.05, 0) is 18.1 Å². The fourth-order valence-corrected chi connectivity index (χ4v) is 2.21. The van der Waals surface area contributed by atoms with Crippen molar-refractivity contribution in [2.24, 2.45) is 0 Å². The zero-order valence-electron chi connectivity index (χ0n) is 10.2. The molecular formula is C15H16F2O. The van der Waals surface area contributed by atoms with E-state index in [0.29, 0.717) is 12.0 Å². The molecule has 3 heteroatoms. The minimum Gasteiger partial charge on any atom is -0.382 e. The van der Waals surface area contributed by atoms with E-state index in [0.717, 1.165) is 0 Å². The Morgan fingerprint density at radius 3 is 2.56 bits per heavy atom. The van der Waals surface area contributed by atoms with Gasteiger partial charge in [-0.15, -0.1) is 0 Å². The Labute approximate surface area is 105 Å². The molecule has 0 spiro atoms. The van der Waals surface area contributed by atoms with Gasteiger partial charge in [-0.2, -0.15) is 0 Å². The number of alkyl halides is 1. The van der Waals surface area contributed by atoms with E-state index in [-0.39, 0.29) is 12.0 Å². The van der Waals surface area contributed by atoms with Crippen LogP contribution in [0.15, 0.2) is 48.3 Å². The molecular weight excluding hydrogens is 234 g/mol. The molecule has 0 bridgehead atoms. The number of aliphatic hydroxyl groups is 1. The van der Waals surface area contributed by atoms with Gasteiger partial charge in [0.05, 0.1) is 0 Å². The van der Waals surface area contributed by atoms with Crippen molar-refractivity contribution in [3.63, 3.8) is 0 Å². The van der Waals surface area contributed by atoms with Crippen molar-refractivity contribution in [3.8, 4) is 0 Å². The van der Waals surface area contributed by atoms with E-state index < -0.39 is 17.6 Å². The van der Waals surface area contributed by atoms with Gasteiger partial charge in [0.15, 0.2) is 6.17 Å². The molecule has 0 heterocycles. The zero-order valence-corrected chi connectivity index (χ0v) is 10.2. The van der Waals surface area contributed by atoms with Crippen molar-refractivity contribution in [3.05, 3.63) is 53.9 Å². The molecule has 2 unspecified atom stereocenters. The van der Waals surface area contributed by atoms with Crippen LogP contribution >= 0.6 is 0 Å². The minimum atomic E-state index is -1.99. The van der Waals surface area contributed by atoms with Crippen LogP contribution in [-0.4, -0.2) is 16.9 Å². The highest BCUT2D eigenvalue weighted by Crippen LogP contribution is 2.37. The topological polar surface area (TPSA) is 20.2 Å². The summed E-state index contributed by atoms with van der Waals surface area (Å²) in [5.41, 5.74) is -0.881. The van der Waals surface area contributed by atoms with Gasteiger partial charge in [-0.3, -0.25) is 0 Å². The lowest BCUT2D eigenvalue weighted by atomic mass is 9.84. The normalized spacial score (nSPS) is 27.7. The fourth-order valence-electron chi connectivity index (χ4n) is 2.21. The highest BCUT2D eigenvalue weighted by atomic mass is 19.2. The van der Waals surface area contributed by atoms with E-state index in [4.69, 9.17) is 0 Å². The quantitative estimate of drug-likeness (QED) is 0.865. The second kappa shape index (κ2) is 5.02. The molecule has 0 saturated heterocycles. The summed E-state index contributed by atoms with van der Waals surface area (Å²) in [6.45, 7) is 1.83. The van der Waals surface area contributed by atoms with E-state index in [2.05, 4.69) is 0 Å². The maximum absolute atomic E-state index is 14.0. The van der Waals surface area contributed by atoms with Gasteiger partial charge in [0.2, 0.25) is 0 Å². The third-order valence-corrected chi connectivity index (χ3v) is 3.19. The Balaban J connectivity index is 2.37. The van der Waals surface area contributed by atoms with E-state index in [1.165, 1.54) is 12.2 Å². The summed E-state index contributed by atoms with van der Waals surface area (Å²) in [5, 5.41) is 10.0. The van der Waals surface area contributed by atoms with Crippen LogP contribution in [0.5, 0.6) is 0 Å². The van der Waals surface area contributed by atoms with Gasteiger partial charge in [-0.25, -0.2) is 8.78 Å². The SMILES string of the molecule is CCCC1(O)C=CC(c2ccccc2)=C(F)C1F. The highest BCUT2D eigenvalue weighted by Gasteiger charge is 2.40. The Kier molecular flexibility index (Phi) is 3.62. The maximum Gasteiger partial charge on any atom is 0.184 e. The minimum absolute atomic E-state index is 0.208. The van der Waals surface area contributed by atoms with Crippen LogP contribution in [0, 0.1) is 0 Å². The Hall–Kier alpha value is -1.48. The number of halogens is 2. The van der Waals surface area contributed by atoms with Gasteiger partial charge < -0.3 is 5.11 Å². The molecule has 1 aromatic rings. The molecule has 0 radical (unpaired) electrons. The van der Waals surface area contributed by atoms with Crippen molar-refractivity contribution in [1.82, 2.24) is 0 Å². The summed E-state index contributed by atoms with van der Waals surface area (Å²) in [7, 11) is 0. The first-order valence-corrected chi connectivity index (χ1v) is 6.09. The maximum atomic E-state index is 14.0. The molecule has 18 heavy (non-hydrogen) atoms. The van der Waals surface area contributed by atoms with Crippen LogP contribution in [0.2, 0.25) is 0 Å². The van der Waals surface area contributed by atoms with Crippen molar-refractivity contribution in [2.45, 2.75) is 31.5 Å². The monoisotopic (exact) mass is 250 g/mol. The lowest BCUT2D eigenvalue weighted by Gasteiger charge is -2.31. The van der Waals surface area contributed by atoms with Crippen LogP contribution in [-0.2, 0) is 0 Å². The van der Waals surface area contributed by atoms with Gasteiger partial charge in [0.25, 0.3) is 0 Å². The molecule has 1 N–H and O–H groups in total. The van der Waals surface area contributed by atoms with Crippen LogP contribution in [0.4, 0.5) is 8.78 Å². The predicted molar refractivity (Wildman–Crippen MR) is 68.4 cm³/mol. The molecule has 1 aromatic carbocycles. The summed E-state index contributed by atoms with van der Waals surface area (Å²) >= 11 is 0. The fraction of sp³-hybridized carbons (Fsp3) is 0.333. The smallest absolute Gasteiger partial charge is 0.184 e. The molecule has 0 saturated carbocycles. The summed E-state index contributed by atoms with van der Waals surface area (Å²) in [5.74, 6) is -0.889. The molecule has 1 aliphatic carbocycles. The van der Waals surface area contributed by atoms with Crippen molar-refractivity contribution < 1.29 is 13.9 Å². The Morgan fingerprint density at radius 1 is 1.28 bits per heavy atom. The van der Waals surface area contributed by atoms with Crippen LogP contribution in [0.25, 0.3) is 5.57 Å². The van der Waals surface area contributed by atoms with Gasteiger partial charge in [-0.1, -0.05) is 49.8 Å². The highest BCUT2D eigenvalue weighted by molar-refractivity contribution is 5.78. The molecule has 2 atom stereocenters. The van der Waals surface area contributed by atoms with E-state index in [1.807, 2.05) is 13.0 Å². The van der Waals surface area contributed by atoms with Crippen molar-refractivity contribution in [1.29, 1.82) is 0 Å². The van der Waals surface area contributed by atoms with E-state index >= 15 is 0 Å². The number of allylic oxidation sites excluding steroid dienone is 2. The first-order chi connectivity index (χ1) is 8.58. The van der Waals surface area contributed by atoms with Crippen LogP contribution in [0.3, 0.4) is 0 Å². The Morgan fingerprint density at radius 2 is 1.94 bits per heavy atom. The second-order valence-corrected chi connectivity index (χ2v) is 4.56. The standard InChI is InChI=1S/C15H16F2O/c1-2-9-15(18)10-8-12(13(16)14(15)17)11-6-4-3-5-7-11/h3-8,10,14,18H,2,9H2,1H3. The number of benzene rings is 1. The lowest BCUT2D eigenvalue weighted by molar-refractivity contribution is 0.00550. The van der Waals surface area contributed by atoms with Crippen molar-refractivity contribution in [2.75, 3.05) is 0 Å². The third kappa shape index (κ3) is 2.23. The average Bonchev–Trinajstić information content (AvgIpc) is 2.38. The molecule has 0 amide bonds. The van der Waals surface area contributed by atoms with Gasteiger partial charge in [0, 0.05) is 5.57 Å². The first-order valence-electron chi connectivity index (χ1n) is 6.09. The Bertz CT molecular complexity index is 479. The molecule has 2 rings (SSSR count). The summed E-state index contributed by atoms with van der Waals surface area (Å²) < 4.78 is 28.1. The summed E-state index contributed by atoms with van der Waals surface area (Å²) in [6.07, 6.45) is 1.65. The molecule has 1 aliphatic rings. The van der Waals surface area contributed by atoms with Crippen LogP contribution < -0.4 is 0 Å². The summed E-state index contributed by atoms with van der Waals surface area (Å²) in [6, 6.07) is 8.79. The first kappa shape index (κ1) is 13.0. The number of hydrogen-bond donors (Lipinski definition) is 1.